The highest BCUT2D eigenvalue weighted by atomic mass is 28.4. The molecule has 0 saturated carbocycles. The van der Waals surface area contributed by atoms with Gasteiger partial charge in [-0.25, -0.2) is 4.39 Å². The van der Waals surface area contributed by atoms with E-state index >= 15 is 0 Å². The molecule has 0 bridgehead atoms. The SMILES string of the molecule is C#CCCC[C@@H](O[Si](C)(C)C(C)(C)C)c1cncc(F)c1. The van der Waals surface area contributed by atoms with Crippen molar-refractivity contribution in [1.29, 1.82) is 0 Å². The predicted molar refractivity (Wildman–Crippen MR) is 87.9 cm³/mol. The Kier molecular flexibility index (Phi) is 6.12. The molecular formula is C17H26FNOSi. The lowest BCUT2D eigenvalue weighted by molar-refractivity contribution is 0.170. The Hall–Kier alpha value is -1.18. The molecule has 21 heavy (non-hydrogen) atoms. The summed E-state index contributed by atoms with van der Waals surface area (Å²) in [4.78, 5) is 3.95. The molecule has 0 N–H and O–H groups in total. The summed E-state index contributed by atoms with van der Waals surface area (Å²) in [5.74, 6) is 2.32. The molecule has 0 aliphatic rings. The van der Waals surface area contributed by atoms with Crippen LogP contribution in [0.25, 0.3) is 0 Å². The van der Waals surface area contributed by atoms with E-state index in [0.717, 1.165) is 18.4 Å². The first kappa shape index (κ1) is 17.9. The molecule has 0 aliphatic heterocycles. The van der Waals surface area contributed by atoms with Gasteiger partial charge >= 0.3 is 0 Å². The number of pyridine rings is 1. The van der Waals surface area contributed by atoms with Gasteiger partial charge < -0.3 is 4.43 Å². The molecule has 1 aromatic heterocycles. The molecule has 116 valence electrons. The van der Waals surface area contributed by atoms with Gasteiger partial charge in [-0.3, -0.25) is 4.98 Å². The molecule has 2 nitrogen and oxygen atoms in total. The molecule has 0 radical (unpaired) electrons. The van der Waals surface area contributed by atoms with Crippen molar-refractivity contribution in [3.05, 3.63) is 29.8 Å². The van der Waals surface area contributed by atoms with Gasteiger partial charge in [-0.1, -0.05) is 20.8 Å². The van der Waals surface area contributed by atoms with E-state index in [2.05, 4.69) is 44.8 Å². The second-order valence-electron chi connectivity index (χ2n) is 6.90. The van der Waals surface area contributed by atoms with E-state index < -0.39 is 8.32 Å². The molecule has 0 unspecified atom stereocenters. The average molecular weight is 307 g/mol. The maximum absolute atomic E-state index is 13.4. The van der Waals surface area contributed by atoms with E-state index in [0.29, 0.717) is 6.42 Å². The summed E-state index contributed by atoms with van der Waals surface area (Å²) in [6.45, 7) is 11.0. The Morgan fingerprint density at radius 3 is 2.57 bits per heavy atom. The number of nitrogens with zero attached hydrogens (tertiary/aromatic N) is 1. The third kappa shape index (κ3) is 5.26. The van der Waals surface area contributed by atoms with E-state index in [1.165, 1.54) is 12.3 Å². The maximum Gasteiger partial charge on any atom is 0.192 e. The molecule has 0 aromatic carbocycles. The molecular weight excluding hydrogens is 281 g/mol. The van der Waals surface area contributed by atoms with Crippen LogP contribution in [0.5, 0.6) is 0 Å². The zero-order chi connectivity index (χ0) is 16.1. The summed E-state index contributed by atoms with van der Waals surface area (Å²) < 4.78 is 19.9. The van der Waals surface area contributed by atoms with Crippen molar-refractivity contribution < 1.29 is 8.82 Å². The van der Waals surface area contributed by atoms with Gasteiger partial charge in [0.05, 0.1) is 12.3 Å². The molecule has 0 amide bonds. The number of halogens is 1. The van der Waals surface area contributed by atoms with Crippen molar-refractivity contribution in [3.8, 4) is 12.3 Å². The average Bonchev–Trinajstić information content (AvgIpc) is 2.36. The molecule has 4 heteroatoms. The summed E-state index contributed by atoms with van der Waals surface area (Å²) >= 11 is 0. The lowest BCUT2D eigenvalue weighted by atomic mass is 10.1. The normalized spacial score (nSPS) is 13.8. The largest absolute Gasteiger partial charge is 0.410 e. The van der Waals surface area contributed by atoms with Crippen LogP contribution in [0.2, 0.25) is 18.1 Å². The summed E-state index contributed by atoms with van der Waals surface area (Å²) in [6, 6.07) is 1.51. The zero-order valence-corrected chi connectivity index (χ0v) is 14.7. The van der Waals surface area contributed by atoms with Gasteiger partial charge in [-0.2, -0.15) is 0 Å². The highest BCUT2D eigenvalue weighted by Gasteiger charge is 2.39. The number of hydrogen-bond donors (Lipinski definition) is 0. The third-order valence-corrected chi connectivity index (χ3v) is 8.61. The van der Waals surface area contributed by atoms with Gasteiger partial charge in [-0.05, 0) is 37.0 Å². The standard InChI is InChI=1S/C17H26FNOSi/c1-7-8-9-10-16(14-11-15(18)13-19-12-14)20-21(5,6)17(2,3)4/h1,11-13,16H,8-10H2,2-6H3/t16-/m1/s1. The van der Waals surface area contributed by atoms with Crippen LogP contribution in [-0.2, 0) is 4.43 Å². The fraction of sp³-hybridized carbons (Fsp3) is 0.588. The van der Waals surface area contributed by atoms with Crippen molar-refractivity contribution in [1.82, 2.24) is 4.98 Å². The molecule has 0 aliphatic carbocycles. The summed E-state index contributed by atoms with van der Waals surface area (Å²) in [6.07, 6.45) is 10.5. The van der Waals surface area contributed by atoms with Crippen molar-refractivity contribution >= 4 is 8.32 Å². The van der Waals surface area contributed by atoms with Gasteiger partial charge in [0.25, 0.3) is 0 Å². The predicted octanol–water partition coefficient (Wildman–Crippen LogP) is 5.09. The Morgan fingerprint density at radius 1 is 1.38 bits per heavy atom. The number of unbranched alkanes of at least 4 members (excludes halogenated alkanes) is 1. The fourth-order valence-electron chi connectivity index (χ4n) is 1.82. The van der Waals surface area contributed by atoms with E-state index in [1.807, 2.05) is 0 Å². The first-order chi connectivity index (χ1) is 9.67. The van der Waals surface area contributed by atoms with Crippen molar-refractivity contribution in [3.63, 3.8) is 0 Å². The summed E-state index contributed by atoms with van der Waals surface area (Å²) in [5.41, 5.74) is 0.803. The first-order valence-electron chi connectivity index (χ1n) is 7.39. The Bertz CT molecular complexity index is 502. The van der Waals surface area contributed by atoms with Gasteiger partial charge in [0.15, 0.2) is 8.32 Å². The lowest BCUT2D eigenvalue weighted by Gasteiger charge is -2.39. The fourth-order valence-corrected chi connectivity index (χ4v) is 3.14. The highest BCUT2D eigenvalue weighted by Crippen LogP contribution is 2.40. The summed E-state index contributed by atoms with van der Waals surface area (Å²) in [5, 5.41) is 0.109. The number of terminal acetylenes is 1. The quantitative estimate of drug-likeness (QED) is 0.415. The van der Waals surface area contributed by atoms with Crippen LogP contribution in [0, 0.1) is 18.2 Å². The van der Waals surface area contributed by atoms with E-state index in [1.54, 1.807) is 6.20 Å². The van der Waals surface area contributed by atoms with Crippen molar-refractivity contribution in [2.45, 2.75) is 64.3 Å². The topological polar surface area (TPSA) is 22.1 Å². The monoisotopic (exact) mass is 307 g/mol. The third-order valence-electron chi connectivity index (χ3n) is 4.13. The molecule has 1 heterocycles. The maximum atomic E-state index is 13.4. The second kappa shape index (κ2) is 7.19. The molecule has 1 atom stereocenters. The minimum Gasteiger partial charge on any atom is -0.410 e. The van der Waals surface area contributed by atoms with Crippen LogP contribution in [0.15, 0.2) is 18.5 Å². The number of aromatic nitrogens is 1. The molecule has 1 rings (SSSR count). The Labute approximate surface area is 129 Å². The first-order valence-corrected chi connectivity index (χ1v) is 10.3. The molecule has 0 saturated heterocycles. The van der Waals surface area contributed by atoms with E-state index in [9.17, 15) is 4.39 Å². The molecule has 0 spiro atoms. The van der Waals surface area contributed by atoms with Crippen LogP contribution in [0.4, 0.5) is 4.39 Å². The minimum absolute atomic E-state index is 0.109. The summed E-state index contributed by atoms with van der Waals surface area (Å²) in [7, 11) is -1.93. The number of hydrogen-bond acceptors (Lipinski definition) is 2. The van der Waals surface area contributed by atoms with Crippen LogP contribution in [-0.4, -0.2) is 13.3 Å². The Morgan fingerprint density at radius 2 is 2.05 bits per heavy atom. The van der Waals surface area contributed by atoms with Crippen molar-refractivity contribution in [2.24, 2.45) is 0 Å². The van der Waals surface area contributed by atoms with Gasteiger partial charge in [0.1, 0.15) is 5.82 Å². The van der Waals surface area contributed by atoms with E-state index in [-0.39, 0.29) is 17.0 Å². The highest BCUT2D eigenvalue weighted by molar-refractivity contribution is 6.74. The minimum atomic E-state index is -1.93. The number of rotatable bonds is 6. The van der Waals surface area contributed by atoms with Crippen LogP contribution in [0.3, 0.4) is 0 Å². The second-order valence-corrected chi connectivity index (χ2v) is 11.7. The Balaban J connectivity index is 2.95. The molecule has 1 aromatic rings. The van der Waals surface area contributed by atoms with E-state index in [4.69, 9.17) is 10.8 Å². The van der Waals surface area contributed by atoms with Gasteiger partial charge in [0, 0.05) is 18.2 Å². The smallest absolute Gasteiger partial charge is 0.192 e. The van der Waals surface area contributed by atoms with Gasteiger partial charge in [0.2, 0.25) is 0 Å². The van der Waals surface area contributed by atoms with Crippen LogP contribution < -0.4 is 0 Å². The van der Waals surface area contributed by atoms with Crippen molar-refractivity contribution in [2.75, 3.05) is 0 Å². The van der Waals surface area contributed by atoms with Crippen LogP contribution >= 0.6 is 0 Å². The lowest BCUT2D eigenvalue weighted by Crippen LogP contribution is -2.41. The van der Waals surface area contributed by atoms with Crippen LogP contribution in [0.1, 0.15) is 51.7 Å². The molecule has 0 fully saturated rings. The zero-order valence-electron chi connectivity index (χ0n) is 13.7. The van der Waals surface area contributed by atoms with Gasteiger partial charge in [-0.15, -0.1) is 12.3 Å².